The van der Waals surface area contributed by atoms with Crippen LogP contribution in [0.5, 0.6) is 0 Å². The van der Waals surface area contributed by atoms with Crippen LogP contribution in [0.15, 0.2) is 5.38 Å². The van der Waals surface area contributed by atoms with E-state index >= 15 is 0 Å². The Balaban J connectivity index is 2.09. The molecular formula is C11H11ClN4S. The van der Waals surface area contributed by atoms with E-state index in [9.17, 15) is 5.26 Å². The molecule has 1 fully saturated rings. The molecule has 1 unspecified atom stereocenters. The van der Waals surface area contributed by atoms with Gasteiger partial charge in [0.25, 0.3) is 0 Å². The lowest BCUT2D eigenvalue weighted by atomic mass is 10.2. The second-order valence-electron chi connectivity index (χ2n) is 4.29. The van der Waals surface area contributed by atoms with Gasteiger partial charge in [0.1, 0.15) is 6.04 Å². The summed E-state index contributed by atoms with van der Waals surface area (Å²) in [5, 5.41) is 15.0. The highest BCUT2D eigenvalue weighted by Crippen LogP contribution is 2.31. The molecule has 0 aliphatic heterocycles. The van der Waals surface area contributed by atoms with Gasteiger partial charge in [-0.05, 0) is 19.8 Å². The Labute approximate surface area is 108 Å². The molecule has 2 aromatic rings. The van der Waals surface area contributed by atoms with Crippen LogP contribution in [0.1, 0.15) is 30.3 Å². The van der Waals surface area contributed by atoms with Gasteiger partial charge in [-0.2, -0.15) is 5.26 Å². The fourth-order valence-electron chi connectivity index (χ4n) is 1.91. The Kier molecular flexibility index (Phi) is 2.58. The van der Waals surface area contributed by atoms with E-state index in [1.165, 1.54) is 0 Å². The van der Waals surface area contributed by atoms with Crippen molar-refractivity contribution in [1.29, 1.82) is 5.26 Å². The van der Waals surface area contributed by atoms with Gasteiger partial charge in [0, 0.05) is 17.1 Å². The van der Waals surface area contributed by atoms with Gasteiger partial charge < -0.3 is 0 Å². The minimum atomic E-state index is -0.377. The summed E-state index contributed by atoms with van der Waals surface area (Å²) in [6, 6.07) is 2.36. The highest BCUT2D eigenvalue weighted by Gasteiger charge is 2.29. The second kappa shape index (κ2) is 3.98. The third-order valence-electron chi connectivity index (χ3n) is 2.91. The summed E-state index contributed by atoms with van der Waals surface area (Å²) >= 11 is 7.68. The van der Waals surface area contributed by atoms with E-state index in [0.717, 1.165) is 29.2 Å². The predicted molar refractivity (Wildman–Crippen MR) is 67.3 cm³/mol. The number of aromatic nitrogens is 2. The summed E-state index contributed by atoms with van der Waals surface area (Å²) in [6.45, 7) is 2.00. The van der Waals surface area contributed by atoms with E-state index in [1.807, 2.05) is 16.7 Å². The van der Waals surface area contributed by atoms with Crippen molar-refractivity contribution >= 4 is 27.9 Å². The number of halogens is 1. The summed E-state index contributed by atoms with van der Waals surface area (Å²) in [5.41, 5.74) is 1.84. The quantitative estimate of drug-likeness (QED) is 0.929. The van der Waals surface area contributed by atoms with Crippen LogP contribution in [0.2, 0.25) is 5.15 Å². The van der Waals surface area contributed by atoms with E-state index in [2.05, 4.69) is 16.4 Å². The molecule has 0 amide bonds. The van der Waals surface area contributed by atoms with Crippen LogP contribution < -0.4 is 5.32 Å². The van der Waals surface area contributed by atoms with Crippen molar-refractivity contribution in [3.8, 4) is 6.07 Å². The van der Waals surface area contributed by atoms with Crippen LogP contribution in [0, 0.1) is 18.3 Å². The Hall–Kier alpha value is -1.09. The number of rotatable bonds is 3. The Bertz CT molecular complexity index is 605. The second-order valence-corrected chi connectivity index (χ2v) is 5.48. The number of nitrogens with one attached hydrogen (secondary N) is 1. The first-order chi connectivity index (χ1) is 8.20. The lowest BCUT2D eigenvalue weighted by Gasteiger charge is -2.10. The maximum Gasteiger partial charge on any atom is 0.195 e. The lowest BCUT2D eigenvalue weighted by Crippen LogP contribution is -2.23. The molecule has 0 radical (unpaired) electrons. The Morgan fingerprint density at radius 2 is 2.47 bits per heavy atom. The molecule has 0 aromatic carbocycles. The van der Waals surface area contributed by atoms with Crippen LogP contribution in [0.25, 0.3) is 4.96 Å². The van der Waals surface area contributed by atoms with Crippen LogP contribution in [-0.2, 0) is 0 Å². The SMILES string of the molecule is Cc1csc2nc(Cl)c(C(C#N)NC3CC3)n12. The fourth-order valence-corrected chi connectivity index (χ4v) is 3.11. The van der Waals surface area contributed by atoms with Gasteiger partial charge in [0.15, 0.2) is 10.1 Å². The zero-order valence-electron chi connectivity index (χ0n) is 9.27. The third kappa shape index (κ3) is 1.82. The number of hydrogen-bond acceptors (Lipinski definition) is 4. The Morgan fingerprint density at radius 1 is 1.71 bits per heavy atom. The number of imidazole rings is 1. The number of aryl methyl sites for hydroxylation is 1. The third-order valence-corrected chi connectivity index (χ3v) is 4.13. The standard InChI is InChI=1S/C11H11ClN4S/c1-6-5-17-11-15-10(12)9(16(6)11)8(4-13)14-7-2-3-7/h5,7-8,14H,2-3H2,1H3. The smallest absolute Gasteiger partial charge is 0.195 e. The molecule has 1 saturated carbocycles. The van der Waals surface area contributed by atoms with E-state index in [0.29, 0.717) is 11.2 Å². The molecule has 6 heteroatoms. The minimum absolute atomic E-state index is 0.377. The molecular weight excluding hydrogens is 256 g/mol. The van der Waals surface area contributed by atoms with Crippen molar-refractivity contribution in [1.82, 2.24) is 14.7 Å². The van der Waals surface area contributed by atoms with E-state index in [-0.39, 0.29) is 6.04 Å². The molecule has 1 N–H and O–H groups in total. The molecule has 1 aliphatic rings. The molecule has 88 valence electrons. The maximum absolute atomic E-state index is 9.28. The van der Waals surface area contributed by atoms with Crippen LogP contribution in [0.4, 0.5) is 0 Å². The summed E-state index contributed by atoms with van der Waals surface area (Å²) in [5.74, 6) is 0. The molecule has 0 saturated heterocycles. The lowest BCUT2D eigenvalue weighted by molar-refractivity contribution is 0.608. The molecule has 17 heavy (non-hydrogen) atoms. The van der Waals surface area contributed by atoms with Crippen LogP contribution in [0.3, 0.4) is 0 Å². The monoisotopic (exact) mass is 266 g/mol. The van der Waals surface area contributed by atoms with Gasteiger partial charge in [-0.15, -0.1) is 11.3 Å². The Morgan fingerprint density at radius 3 is 3.12 bits per heavy atom. The van der Waals surface area contributed by atoms with E-state index in [4.69, 9.17) is 11.6 Å². The van der Waals surface area contributed by atoms with Gasteiger partial charge in [-0.25, -0.2) is 4.98 Å². The number of fused-ring (bicyclic) bond motifs is 1. The van der Waals surface area contributed by atoms with Gasteiger partial charge in [-0.1, -0.05) is 11.6 Å². The van der Waals surface area contributed by atoms with Gasteiger partial charge >= 0.3 is 0 Å². The molecule has 2 heterocycles. The summed E-state index contributed by atoms with van der Waals surface area (Å²) in [6.07, 6.45) is 2.28. The minimum Gasteiger partial charge on any atom is -0.294 e. The molecule has 3 rings (SSSR count). The van der Waals surface area contributed by atoms with Crippen LogP contribution in [-0.4, -0.2) is 15.4 Å². The van der Waals surface area contributed by atoms with Crippen molar-refractivity contribution in [2.75, 3.05) is 0 Å². The molecule has 1 atom stereocenters. The fraction of sp³-hybridized carbons (Fsp3) is 0.455. The molecule has 0 bridgehead atoms. The molecule has 1 aliphatic carbocycles. The van der Waals surface area contributed by atoms with Crippen molar-refractivity contribution in [2.45, 2.75) is 31.8 Å². The topological polar surface area (TPSA) is 53.1 Å². The molecule has 0 spiro atoms. The summed E-state index contributed by atoms with van der Waals surface area (Å²) in [7, 11) is 0. The largest absolute Gasteiger partial charge is 0.294 e. The van der Waals surface area contributed by atoms with E-state index < -0.39 is 0 Å². The van der Waals surface area contributed by atoms with Gasteiger partial charge in [0.2, 0.25) is 0 Å². The zero-order chi connectivity index (χ0) is 12.0. The summed E-state index contributed by atoms with van der Waals surface area (Å²) in [4.78, 5) is 5.13. The van der Waals surface area contributed by atoms with Crippen molar-refractivity contribution in [3.05, 3.63) is 21.9 Å². The predicted octanol–water partition coefficient (Wildman–Crippen LogP) is 2.67. The van der Waals surface area contributed by atoms with Crippen molar-refractivity contribution in [2.24, 2.45) is 0 Å². The number of nitrogens with zero attached hydrogens (tertiary/aromatic N) is 3. The number of hydrogen-bond donors (Lipinski definition) is 1. The van der Waals surface area contributed by atoms with Gasteiger partial charge in [0.05, 0.1) is 11.8 Å². The highest BCUT2D eigenvalue weighted by molar-refractivity contribution is 7.15. The first-order valence-electron chi connectivity index (χ1n) is 5.48. The molecule has 4 nitrogen and oxygen atoms in total. The summed E-state index contributed by atoms with van der Waals surface area (Å²) < 4.78 is 1.97. The number of nitriles is 1. The van der Waals surface area contributed by atoms with Gasteiger partial charge in [-0.3, -0.25) is 9.72 Å². The van der Waals surface area contributed by atoms with Crippen molar-refractivity contribution in [3.63, 3.8) is 0 Å². The van der Waals surface area contributed by atoms with E-state index in [1.54, 1.807) is 11.3 Å². The molecule has 2 aromatic heterocycles. The van der Waals surface area contributed by atoms with Crippen LogP contribution >= 0.6 is 22.9 Å². The first-order valence-corrected chi connectivity index (χ1v) is 6.74. The van der Waals surface area contributed by atoms with Crippen molar-refractivity contribution < 1.29 is 0 Å². The highest BCUT2D eigenvalue weighted by atomic mass is 35.5. The number of thiazole rings is 1. The average Bonchev–Trinajstić information content (AvgIpc) is 2.98. The maximum atomic E-state index is 9.28. The average molecular weight is 267 g/mol. The zero-order valence-corrected chi connectivity index (χ0v) is 10.8. The first kappa shape index (κ1) is 11.0. The normalized spacial score (nSPS) is 17.2.